The minimum Gasteiger partial charge on any atom is -0.493 e. The summed E-state index contributed by atoms with van der Waals surface area (Å²) in [5.74, 6) is 0.798. The number of ether oxygens (including phenoxy) is 1. The molecule has 7 heteroatoms. The third-order valence-corrected chi connectivity index (χ3v) is 4.08. The first-order chi connectivity index (χ1) is 12.9. The number of rotatable bonds is 7. The Kier molecular flexibility index (Phi) is 8.36. The fraction of sp³-hybridized carbons (Fsp3) is 0.300. The van der Waals surface area contributed by atoms with Gasteiger partial charge in [0.25, 0.3) is 5.91 Å². The lowest BCUT2D eigenvalue weighted by atomic mass is 10.1. The molecule has 0 aliphatic heterocycles. The van der Waals surface area contributed by atoms with Gasteiger partial charge in [0.1, 0.15) is 5.75 Å². The van der Waals surface area contributed by atoms with Gasteiger partial charge in [0, 0.05) is 17.1 Å². The Hall–Kier alpha value is -2.31. The van der Waals surface area contributed by atoms with Crippen LogP contribution < -0.4 is 20.9 Å². The van der Waals surface area contributed by atoms with Crippen LogP contribution in [0.25, 0.3) is 0 Å². The summed E-state index contributed by atoms with van der Waals surface area (Å²) in [6.45, 7) is 5.38. The second-order valence-corrected chi connectivity index (χ2v) is 7.29. The molecule has 2 rings (SSSR count). The van der Waals surface area contributed by atoms with E-state index in [0.29, 0.717) is 40.5 Å². The van der Waals surface area contributed by atoms with Crippen molar-refractivity contribution in [1.29, 1.82) is 0 Å². The van der Waals surface area contributed by atoms with Crippen molar-refractivity contribution >= 4 is 34.8 Å². The summed E-state index contributed by atoms with van der Waals surface area (Å²) in [4.78, 5) is 12.2. The van der Waals surface area contributed by atoms with Gasteiger partial charge >= 0.3 is 0 Å². The smallest absolute Gasteiger partial charge is 0.269 e. The van der Waals surface area contributed by atoms with Crippen LogP contribution in [0.1, 0.15) is 29.8 Å². The van der Waals surface area contributed by atoms with E-state index in [9.17, 15) is 4.79 Å². The summed E-state index contributed by atoms with van der Waals surface area (Å²) in [6, 6.07) is 14.7. The van der Waals surface area contributed by atoms with E-state index in [2.05, 4.69) is 30.0 Å². The molecule has 144 valence electrons. The standard InChI is InChI=1S/C20H24ClN3O2S/c1-14(2)13-26-18-5-3-4-16(12-18)19(25)23-24-20(27)22-11-10-15-6-8-17(21)9-7-15/h3-9,12,14H,10-11,13H2,1-2H3,(H,23,25)(H2,22,24,27). The average molecular weight is 406 g/mol. The van der Waals surface area contributed by atoms with Crippen LogP contribution in [0.2, 0.25) is 5.02 Å². The Morgan fingerprint density at radius 1 is 1.15 bits per heavy atom. The Morgan fingerprint density at radius 3 is 2.59 bits per heavy atom. The van der Waals surface area contributed by atoms with Crippen molar-refractivity contribution in [3.8, 4) is 5.75 Å². The number of amides is 1. The summed E-state index contributed by atoms with van der Waals surface area (Å²) >= 11 is 11.0. The van der Waals surface area contributed by atoms with E-state index in [1.54, 1.807) is 18.2 Å². The van der Waals surface area contributed by atoms with Crippen molar-refractivity contribution in [2.45, 2.75) is 20.3 Å². The molecule has 0 radical (unpaired) electrons. The molecule has 0 aromatic heterocycles. The number of thiocarbonyl (C=S) groups is 1. The van der Waals surface area contributed by atoms with Gasteiger partial charge in [-0.1, -0.05) is 43.6 Å². The molecule has 0 saturated carbocycles. The largest absolute Gasteiger partial charge is 0.493 e. The third kappa shape index (κ3) is 7.85. The monoisotopic (exact) mass is 405 g/mol. The number of halogens is 1. The Balaban J connectivity index is 1.73. The number of benzene rings is 2. The maximum absolute atomic E-state index is 12.2. The van der Waals surface area contributed by atoms with Crippen LogP contribution in [-0.2, 0) is 6.42 Å². The number of carbonyl (C=O) groups is 1. The lowest BCUT2D eigenvalue weighted by Crippen LogP contribution is -2.47. The maximum Gasteiger partial charge on any atom is 0.269 e. The Bertz CT molecular complexity index is 766. The fourth-order valence-corrected chi connectivity index (χ4v) is 2.47. The summed E-state index contributed by atoms with van der Waals surface area (Å²) < 4.78 is 5.64. The molecule has 0 bridgehead atoms. The van der Waals surface area contributed by atoms with Crippen molar-refractivity contribution in [3.63, 3.8) is 0 Å². The van der Waals surface area contributed by atoms with Gasteiger partial charge in [0.2, 0.25) is 0 Å². The van der Waals surface area contributed by atoms with E-state index >= 15 is 0 Å². The molecule has 0 fully saturated rings. The number of nitrogens with one attached hydrogen (secondary N) is 3. The van der Waals surface area contributed by atoms with E-state index in [4.69, 9.17) is 28.6 Å². The van der Waals surface area contributed by atoms with E-state index in [1.807, 2.05) is 30.3 Å². The zero-order chi connectivity index (χ0) is 19.6. The second-order valence-electron chi connectivity index (χ2n) is 6.44. The highest BCUT2D eigenvalue weighted by molar-refractivity contribution is 7.80. The quantitative estimate of drug-likeness (QED) is 0.484. The first-order valence-electron chi connectivity index (χ1n) is 8.75. The zero-order valence-electron chi connectivity index (χ0n) is 15.4. The number of hydrogen-bond donors (Lipinski definition) is 3. The highest BCUT2D eigenvalue weighted by Crippen LogP contribution is 2.14. The van der Waals surface area contributed by atoms with Crippen LogP contribution in [0.3, 0.4) is 0 Å². The first-order valence-corrected chi connectivity index (χ1v) is 9.54. The molecule has 0 spiro atoms. The summed E-state index contributed by atoms with van der Waals surface area (Å²) in [5.41, 5.74) is 6.93. The highest BCUT2D eigenvalue weighted by Gasteiger charge is 2.07. The second kappa shape index (κ2) is 10.7. The van der Waals surface area contributed by atoms with Crippen molar-refractivity contribution < 1.29 is 9.53 Å². The molecule has 27 heavy (non-hydrogen) atoms. The molecule has 0 atom stereocenters. The van der Waals surface area contributed by atoms with Crippen molar-refractivity contribution in [2.24, 2.45) is 5.92 Å². The van der Waals surface area contributed by atoms with Crippen LogP contribution >= 0.6 is 23.8 Å². The molecule has 0 aliphatic carbocycles. The molecule has 0 unspecified atom stereocenters. The molecule has 0 heterocycles. The Morgan fingerprint density at radius 2 is 1.89 bits per heavy atom. The number of hydrazine groups is 1. The van der Waals surface area contributed by atoms with Crippen molar-refractivity contribution in [1.82, 2.24) is 16.2 Å². The van der Waals surface area contributed by atoms with Gasteiger partial charge < -0.3 is 10.1 Å². The van der Waals surface area contributed by atoms with Gasteiger partial charge in [0.05, 0.1) is 6.61 Å². The molecular formula is C20H24ClN3O2S. The molecular weight excluding hydrogens is 382 g/mol. The van der Waals surface area contributed by atoms with Crippen LogP contribution in [0.5, 0.6) is 5.75 Å². The average Bonchev–Trinajstić information content (AvgIpc) is 2.66. The molecule has 3 N–H and O–H groups in total. The van der Waals surface area contributed by atoms with E-state index in [-0.39, 0.29) is 5.91 Å². The summed E-state index contributed by atoms with van der Waals surface area (Å²) in [5, 5.41) is 4.11. The minimum absolute atomic E-state index is 0.285. The SMILES string of the molecule is CC(C)COc1cccc(C(=O)NNC(=S)NCCc2ccc(Cl)cc2)c1. The fourth-order valence-electron chi connectivity index (χ4n) is 2.19. The lowest BCUT2D eigenvalue weighted by Gasteiger charge is -2.13. The molecule has 5 nitrogen and oxygen atoms in total. The maximum atomic E-state index is 12.2. The van der Waals surface area contributed by atoms with Crippen LogP contribution in [0.15, 0.2) is 48.5 Å². The molecule has 1 amide bonds. The molecule has 2 aromatic carbocycles. The summed E-state index contributed by atoms with van der Waals surface area (Å²) in [6.07, 6.45) is 0.794. The van der Waals surface area contributed by atoms with Gasteiger partial charge in [0.15, 0.2) is 5.11 Å². The topological polar surface area (TPSA) is 62.4 Å². The lowest BCUT2D eigenvalue weighted by molar-refractivity contribution is 0.0943. The predicted octanol–water partition coefficient (Wildman–Crippen LogP) is 3.73. The van der Waals surface area contributed by atoms with Crippen LogP contribution in [0, 0.1) is 5.92 Å². The summed E-state index contributed by atoms with van der Waals surface area (Å²) in [7, 11) is 0. The Labute approximate surface area is 170 Å². The van der Waals surface area contributed by atoms with Crippen molar-refractivity contribution in [2.75, 3.05) is 13.2 Å². The van der Waals surface area contributed by atoms with Gasteiger partial charge in [-0.25, -0.2) is 0 Å². The third-order valence-electron chi connectivity index (χ3n) is 3.58. The zero-order valence-corrected chi connectivity index (χ0v) is 17.0. The molecule has 0 aliphatic rings. The first kappa shape index (κ1) is 21.0. The number of hydrogen-bond acceptors (Lipinski definition) is 3. The normalized spacial score (nSPS) is 10.4. The highest BCUT2D eigenvalue weighted by atomic mass is 35.5. The van der Waals surface area contributed by atoms with Gasteiger partial charge in [-0.3, -0.25) is 15.6 Å². The van der Waals surface area contributed by atoms with Gasteiger partial charge in [-0.05, 0) is 60.5 Å². The van der Waals surface area contributed by atoms with Crippen LogP contribution in [-0.4, -0.2) is 24.2 Å². The molecule has 0 saturated heterocycles. The van der Waals surface area contributed by atoms with E-state index < -0.39 is 0 Å². The molecule has 2 aromatic rings. The van der Waals surface area contributed by atoms with Crippen molar-refractivity contribution in [3.05, 3.63) is 64.7 Å². The minimum atomic E-state index is -0.285. The predicted molar refractivity (Wildman–Crippen MR) is 113 cm³/mol. The van der Waals surface area contributed by atoms with E-state index in [0.717, 1.165) is 12.0 Å². The number of carbonyl (C=O) groups excluding carboxylic acids is 1. The van der Waals surface area contributed by atoms with E-state index in [1.165, 1.54) is 0 Å². The van der Waals surface area contributed by atoms with Gasteiger partial charge in [-0.15, -0.1) is 0 Å². The van der Waals surface area contributed by atoms with Crippen LogP contribution in [0.4, 0.5) is 0 Å². The van der Waals surface area contributed by atoms with Gasteiger partial charge in [-0.2, -0.15) is 0 Å².